The molecule has 0 saturated heterocycles. The highest BCUT2D eigenvalue weighted by Crippen LogP contribution is 2.22. The molecule has 1 aromatic carbocycles. The van der Waals surface area contributed by atoms with Gasteiger partial charge in [0.25, 0.3) is 5.24 Å². The minimum atomic E-state index is -0.553. The zero-order valence-corrected chi connectivity index (χ0v) is 10.9. The number of benzene rings is 1. The van der Waals surface area contributed by atoms with Crippen LogP contribution >= 0.6 is 11.6 Å². The van der Waals surface area contributed by atoms with Crippen LogP contribution in [-0.4, -0.2) is 11.3 Å². The van der Waals surface area contributed by atoms with Gasteiger partial charge in [0.1, 0.15) is 5.75 Å². The zero-order valence-electron chi connectivity index (χ0n) is 10.1. The number of carbonyl (C=O) groups is 1. The molecule has 0 aliphatic rings. The van der Waals surface area contributed by atoms with Gasteiger partial charge in [-0.2, -0.15) is 0 Å². The molecule has 0 fully saturated rings. The Kier molecular flexibility index (Phi) is 4.36. The number of carbonyl (C=O) groups excluding carboxylic acids is 1. The van der Waals surface area contributed by atoms with Crippen LogP contribution in [0.3, 0.4) is 0 Å². The van der Waals surface area contributed by atoms with E-state index in [1.54, 1.807) is 0 Å². The van der Waals surface area contributed by atoms with Gasteiger partial charge in [-0.1, -0.05) is 6.92 Å². The van der Waals surface area contributed by atoms with Gasteiger partial charge in [-0.25, -0.2) is 0 Å². The minimum Gasteiger partial charge on any atom is -0.481 e. The summed E-state index contributed by atoms with van der Waals surface area (Å²) < 4.78 is 5.56. The number of hydrogen-bond acceptors (Lipinski definition) is 2. The summed E-state index contributed by atoms with van der Waals surface area (Å²) in [6, 6.07) is 3.87. The van der Waals surface area contributed by atoms with E-state index in [9.17, 15) is 4.79 Å². The predicted molar refractivity (Wildman–Crippen MR) is 66.2 cm³/mol. The summed E-state index contributed by atoms with van der Waals surface area (Å²) in [6.07, 6.45) is 0.0251. The van der Waals surface area contributed by atoms with E-state index in [2.05, 4.69) is 6.92 Å². The molecule has 0 N–H and O–H groups in total. The van der Waals surface area contributed by atoms with E-state index < -0.39 is 11.3 Å². The van der Waals surface area contributed by atoms with Crippen molar-refractivity contribution in [3.05, 3.63) is 28.8 Å². The molecule has 0 saturated carbocycles. The summed E-state index contributed by atoms with van der Waals surface area (Å²) in [6.45, 7) is 7.99. The average molecular weight is 241 g/mol. The van der Waals surface area contributed by atoms with Gasteiger partial charge < -0.3 is 4.74 Å². The molecule has 88 valence electrons. The van der Waals surface area contributed by atoms with Crippen LogP contribution in [-0.2, 0) is 4.79 Å². The second-order valence-corrected chi connectivity index (χ2v) is 4.37. The Morgan fingerprint density at radius 1 is 1.31 bits per heavy atom. The molecule has 2 nitrogen and oxygen atoms in total. The Bertz CT molecular complexity index is 376. The fourth-order valence-corrected chi connectivity index (χ4v) is 1.72. The van der Waals surface area contributed by atoms with E-state index >= 15 is 0 Å². The van der Waals surface area contributed by atoms with Crippen LogP contribution in [0, 0.1) is 20.8 Å². The molecule has 0 heterocycles. The third-order valence-electron chi connectivity index (χ3n) is 2.80. The van der Waals surface area contributed by atoms with Crippen molar-refractivity contribution >= 4 is 16.8 Å². The molecule has 0 aliphatic heterocycles. The van der Waals surface area contributed by atoms with Gasteiger partial charge in [0.05, 0.1) is 0 Å². The van der Waals surface area contributed by atoms with Crippen LogP contribution in [0.4, 0.5) is 0 Å². The Morgan fingerprint density at radius 2 is 1.81 bits per heavy atom. The Hall–Kier alpha value is -1.02. The molecular weight excluding hydrogens is 224 g/mol. The number of aryl methyl sites for hydroxylation is 2. The summed E-state index contributed by atoms with van der Waals surface area (Å²) >= 11 is 5.44. The molecule has 0 aromatic heterocycles. The van der Waals surface area contributed by atoms with Gasteiger partial charge in [-0.05, 0) is 67.6 Å². The van der Waals surface area contributed by atoms with E-state index in [0.29, 0.717) is 12.2 Å². The second-order valence-electron chi connectivity index (χ2n) is 4.00. The first kappa shape index (κ1) is 13.0. The monoisotopic (exact) mass is 240 g/mol. The quantitative estimate of drug-likeness (QED) is 0.753. The molecule has 1 rings (SSSR count). The Morgan fingerprint density at radius 3 is 2.19 bits per heavy atom. The lowest BCUT2D eigenvalue weighted by Crippen LogP contribution is -2.22. The first-order chi connectivity index (χ1) is 7.45. The van der Waals surface area contributed by atoms with Gasteiger partial charge in [-0.15, -0.1) is 0 Å². The van der Waals surface area contributed by atoms with Crippen molar-refractivity contribution < 1.29 is 9.53 Å². The SMILES string of the molecule is CCC(Oc1cc(C)c(C)c(C)c1)C(=O)Cl. The molecule has 0 aliphatic carbocycles. The van der Waals surface area contributed by atoms with Gasteiger partial charge in [-0.3, -0.25) is 4.79 Å². The topological polar surface area (TPSA) is 26.3 Å². The van der Waals surface area contributed by atoms with Gasteiger partial charge in [0, 0.05) is 0 Å². The molecule has 16 heavy (non-hydrogen) atoms. The molecule has 0 radical (unpaired) electrons. The van der Waals surface area contributed by atoms with Crippen LogP contribution < -0.4 is 4.74 Å². The average Bonchev–Trinajstić information content (AvgIpc) is 2.21. The summed E-state index contributed by atoms with van der Waals surface area (Å²) in [4.78, 5) is 11.1. The lowest BCUT2D eigenvalue weighted by atomic mass is 10.0. The Balaban J connectivity index is 2.93. The van der Waals surface area contributed by atoms with Gasteiger partial charge in [0.15, 0.2) is 6.10 Å². The van der Waals surface area contributed by atoms with E-state index in [1.807, 2.05) is 32.9 Å². The molecule has 0 amide bonds. The first-order valence-corrected chi connectivity index (χ1v) is 5.77. The van der Waals surface area contributed by atoms with E-state index in [4.69, 9.17) is 16.3 Å². The molecule has 1 unspecified atom stereocenters. The fraction of sp³-hybridized carbons (Fsp3) is 0.462. The smallest absolute Gasteiger partial charge is 0.262 e. The third kappa shape index (κ3) is 2.99. The summed E-state index contributed by atoms with van der Waals surface area (Å²) in [5.74, 6) is 0.710. The highest BCUT2D eigenvalue weighted by molar-refractivity contribution is 6.64. The lowest BCUT2D eigenvalue weighted by Gasteiger charge is -2.15. The van der Waals surface area contributed by atoms with Crippen LogP contribution in [0.5, 0.6) is 5.75 Å². The van der Waals surface area contributed by atoms with Crippen molar-refractivity contribution in [1.82, 2.24) is 0 Å². The van der Waals surface area contributed by atoms with Crippen LogP contribution in [0.1, 0.15) is 30.0 Å². The highest BCUT2D eigenvalue weighted by Gasteiger charge is 2.16. The fourth-order valence-electron chi connectivity index (χ4n) is 1.52. The molecule has 1 atom stereocenters. The number of ether oxygens (including phenoxy) is 1. The molecule has 3 heteroatoms. The van der Waals surface area contributed by atoms with E-state index in [-0.39, 0.29) is 0 Å². The van der Waals surface area contributed by atoms with Crippen LogP contribution in [0.25, 0.3) is 0 Å². The van der Waals surface area contributed by atoms with Crippen molar-refractivity contribution in [2.45, 2.75) is 40.2 Å². The summed E-state index contributed by atoms with van der Waals surface area (Å²) in [5.41, 5.74) is 3.57. The summed E-state index contributed by atoms with van der Waals surface area (Å²) in [7, 11) is 0. The molecule has 0 spiro atoms. The predicted octanol–water partition coefficient (Wildman–Crippen LogP) is 3.53. The zero-order chi connectivity index (χ0) is 12.3. The number of halogens is 1. The maximum absolute atomic E-state index is 11.1. The van der Waals surface area contributed by atoms with Crippen molar-refractivity contribution in [2.24, 2.45) is 0 Å². The standard InChI is InChI=1S/C13H17ClO2/c1-5-12(13(14)15)16-11-6-8(2)10(4)9(3)7-11/h6-7,12H,5H2,1-4H3. The maximum atomic E-state index is 11.1. The molecular formula is C13H17ClO2. The Labute approximate surface area is 102 Å². The lowest BCUT2D eigenvalue weighted by molar-refractivity contribution is -0.117. The van der Waals surface area contributed by atoms with E-state index in [0.717, 1.165) is 11.1 Å². The molecule has 1 aromatic rings. The number of rotatable bonds is 4. The van der Waals surface area contributed by atoms with Crippen molar-refractivity contribution in [1.29, 1.82) is 0 Å². The minimum absolute atomic E-state index is 0.446. The first-order valence-electron chi connectivity index (χ1n) is 5.39. The largest absolute Gasteiger partial charge is 0.481 e. The summed E-state index contributed by atoms with van der Waals surface area (Å²) in [5, 5.41) is -0.446. The van der Waals surface area contributed by atoms with Crippen molar-refractivity contribution in [3.8, 4) is 5.75 Å². The maximum Gasteiger partial charge on any atom is 0.262 e. The van der Waals surface area contributed by atoms with Crippen LogP contribution in [0.2, 0.25) is 0 Å². The normalized spacial score (nSPS) is 12.3. The second kappa shape index (κ2) is 5.35. The highest BCUT2D eigenvalue weighted by atomic mass is 35.5. The van der Waals surface area contributed by atoms with Gasteiger partial charge >= 0.3 is 0 Å². The van der Waals surface area contributed by atoms with Crippen LogP contribution in [0.15, 0.2) is 12.1 Å². The van der Waals surface area contributed by atoms with Gasteiger partial charge in [0.2, 0.25) is 0 Å². The van der Waals surface area contributed by atoms with E-state index in [1.165, 1.54) is 5.56 Å². The number of hydrogen-bond donors (Lipinski definition) is 0. The van der Waals surface area contributed by atoms with Crippen molar-refractivity contribution in [2.75, 3.05) is 0 Å². The van der Waals surface area contributed by atoms with Crippen molar-refractivity contribution in [3.63, 3.8) is 0 Å². The molecule has 0 bridgehead atoms. The third-order valence-corrected chi connectivity index (χ3v) is 3.05.